The first-order valence-corrected chi connectivity index (χ1v) is 9.91. The van der Waals surface area contributed by atoms with E-state index in [4.69, 9.17) is 16.7 Å². The first kappa shape index (κ1) is 19.8. The molecule has 0 aliphatic heterocycles. The molecule has 9 nitrogen and oxygen atoms in total. The smallest absolute Gasteiger partial charge is 0.269 e. The molecule has 1 aromatic heterocycles. The van der Waals surface area contributed by atoms with E-state index in [2.05, 4.69) is 15.8 Å². The van der Waals surface area contributed by atoms with Crippen molar-refractivity contribution < 1.29 is 18.0 Å². The van der Waals surface area contributed by atoms with Gasteiger partial charge in [0.2, 0.25) is 15.9 Å². The molecule has 146 valence electrons. The summed E-state index contributed by atoms with van der Waals surface area (Å²) in [6.07, 6.45) is -0.0610. The van der Waals surface area contributed by atoms with Crippen LogP contribution >= 0.6 is 11.6 Å². The maximum Gasteiger partial charge on any atom is 0.269 e. The number of fused-ring (bicyclic) bond motifs is 1. The molecular formula is C17H16ClN5O4S. The number of benzene rings is 2. The predicted octanol–water partition coefficient (Wildman–Crippen LogP) is 0.878. The molecule has 4 N–H and O–H groups in total. The summed E-state index contributed by atoms with van der Waals surface area (Å²) in [5.74, 6) is -0.691. The zero-order valence-electron chi connectivity index (χ0n) is 14.6. The standard InChI is InChI=1S/C17H16ClN5O4S/c1-23-13-5-3-2-4-12(13)20-15(23)9-16(24)21-22-17(25)10-6-7-11(18)14(8-10)28(19,26)27/h2-8H,9H2,1H3,(H,21,24)(H,22,25)(H2,19,26,27). The summed E-state index contributed by atoms with van der Waals surface area (Å²) in [5, 5.41) is 4.95. The summed E-state index contributed by atoms with van der Waals surface area (Å²) in [7, 11) is -2.30. The number of sulfonamides is 1. The Labute approximate surface area is 165 Å². The summed E-state index contributed by atoms with van der Waals surface area (Å²) in [5.41, 5.74) is 6.09. The van der Waals surface area contributed by atoms with Crippen LogP contribution in [0, 0.1) is 0 Å². The van der Waals surface area contributed by atoms with E-state index in [9.17, 15) is 18.0 Å². The number of rotatable bonds is 4. The van der Waals surface area contributed by atoms with Crippen LogP contribution in [-0.2, 0) is 28.3 Å². The zero-order valence-corrected chi connectivity index (χ0v) is 16.2. The number of aromatic nitrogens is 2. The molecule has 0 aliphatic rings. The third kappa shape index (κ3) is 4.14. The second kappa shape index (κ2) is 7.58. The number of amides is 2. The van der Waals surface area contributed by atoms with Gasteiger partial charge in [-0.15, -0.1) is 0 Å². The fourth-order valence-corrected chi connectivity index (χ4v) is 3.67. The van der Waals surface area contributed by atoms with Gasteiger partial charge in [-0.2, -0.15) is 0 Å². The highest BCUT2D eigenvalue weighted by atomic mass is 35.5. The van der Waals surface area contributed by atoms with Crippen LogP contribution in [-0.4, -0.2) is 29.8 Å². The molecule has 0 fully saturated rings. The van der Waals surface area contributed by atoms with Crippen molar-refractivity contribution >= 4 is 44.5 Å². The Morgan fingerprint density at radius 2 is 1.89 bits per heavy atom. The van der Waals surface area contributed by atoms with E-state index in [1.807, 2.05) is 24.3 Å². The molecule has 3 aromatic rings. The molecule has 28 heavy (non-hydrogen) atoms. The molecular weight excluding hydrogens is 406 g/mol. The summed E-state index contributed by atoms with van der Waals surface area (Å²) in [6.45, 7) is 0. The maximum absolute atomic E-state index is 12.2. The lowest BCUT2D eigenvalue weighted by Gasteiger charge is -2.09. The lowest BCUT2D eigenvalue weighted by molar-refractivity contribution is -0.121. The minimum Gasteiger partial charge on any atom is -0.331 e. The highest BCUT2D eigenvalue weighted by Crippen LogP contribution is 2.21. The summed E-state index contributed by atoms with van der Waals surface area (Å²) in [6, 6.07) is 11.0. The van der Waals surface area contributed by atoms with E-state index in [0.717, 1.165) is 17.1 Å². The third-order valence-corrected chi connectivity index (χ3v) is 5.41. The molecule has 11 heteroatoms. The molecule has 0 bridgehead atoms. The van der Waals surface area contributed by atoms with Crippen LogP contribution in [0.4, 0.5) is 0 Å². The first-order valence-electron chi connectivity index (χ1n) is 7.98. The van der Waals surface area contributed by atoms with Crippen molar-refractivity contribution in [3.8, 4) is 0 Å². The lowest BCUT2D eigenvalue weighted by atomic mass is 10.2. The van der Waals surface area contributed by atoms with Crippen molar-refractivity contribution in [1.82, 2.24) is 20.4 Å². The summed E-state index contributed by atoms with van der Waals surface area (Å²) < 4.78 is 24.8. The quantitative estimate of drug-likeness (QED) is 0.537. The molecule has 2 aromatic carbocycles. The van der Waals surface area contributed by atoms with Crippen molar-refractivity contribution in [3.05, 3.63) is 58.9 Å². The van der Waals surface area contributed by atoms with E-state index in [1.54, 1.807) is 11.6 Å². The minimum absolute atomic E-state index is 0.0311. The number of hydrogen-bond acceptors (Lipinski definition) is 5. The minimum atomic E-state index is -4.09. The van der Waals surface area contributed by atoms with Gasteiger partial charge in [0.15, 0.2) is 0 Å². The number of imidazole rings is 1. The fraction of sp³-hybridized carbons (Fsp3) is 0.118. The molecule has 1 heterocycles. The topological polar surface area (TPSA) is 136 Å². The van der Waals surface area contributed by atoms with E-state index < -0.39 is 21.8 Å². The second-order valence-electron chi connectivity index (χ2n) is 5.95. The number of hydrogen-bond donors (Lipinski definition) is 3. The summed E-state index contributed by atoms with van der Waals surface area (Å²) in [4.78, 5) is 28.3. The Balaban J connectivity index is 1.67. The number of carbonyl (C=O) groups excluding carboxylic acids is 2. The Hall–Kier alpha value is -2.95. The highest BCUT2D eigenvalue weighted by Gasteiger charge is 2.17. The number of nitrogens with zero attached hydrogens (tertiary/aromatic N) is 2. The van der Waals surface area contributed by atoms with Crippen LogP contribution in [0.2, 0.25) is 5.02 Å². The fourth-order valence-electron chi connectivity index (χ4n) is 2.60. The van der Waals surface area contributed by atoms with Gasteiger partial charge in [0.1, 0.15) is 10.7 Å². The van der Waals surface area contributed by atoms with E-state index >= 15 is 0 Å². The van der Waals surface area contributed by atoms with E-state index in [-0.39, 0.29) is 21.9 Å². The largest absolute Gasteiger partial charge is 0.331 e. The normalized spacial score (nSPS) is 11.4. The Morgan fingerprint density at radius 3 is 2.57 bits per heavy atom. The van der Waals surface area contributed by atoms with Crippen LogP contribution in [0.15, 0.2) is 47.4 Å². The molecule has 0 spiro atoms. The van der Waals surface area contributed by atoms with Gasteiger partial charge < -0.3 is 4.57 Å². The lowest BCUT2D eigenvalue weighted by Crippen LogP contribution is -2.42. The van der Waals surface area contributed by atoms with Crippen LogP contribution in [0.1, 0.15) is 16.2 Å². The Morgan fingerprint density at radius 1 is 1.18 bits per heavy atom. The molecule has 2 amide bonds. The number of para-hydroxylation sites is 2. The van der Waals surface area contributed by atoms with E-state index in [1.165, 1.54) is 12.1 Å². The average molecular weight is 422 g/mol. The van der Waals surface area contributed by atoms with Crippen molar-refractivity contribution in [2.24, 2.45) is 12.2 Å². The number of carbonyl (C=O) groups is 2. The van der Waals surface area contributed by atoms with Gasteiger partial charge in [-0.1, -0.05) is 23.7 Å². The number of primary sulfonamides is 1. The van der Waals surface area contributed by atoms with Crippen molar-refractivity contribution in [1.29, 1.82) is 0 Å². The SMILES string of the molecule is Cn1c(CC(=O)NNC(=O)c2ccc(Cl)c(S(N)(=O)=O)c2)nc2ccccc21. The van der Waals surface area contributed by atoms with Gasteiger partial charge >= 0.3 is 0 Å². The van der Waals surface area contributed by atoms with Crippen molar-refractivity contribution in [3.63, 3.8) is 0 Å². The molecule has 0 saturated carbocycles. The monoisotopic (exact) mass is 421 g/mol. The number of nitrogens with one attached hydrogen (secondary N) is 2. The van der Waals surface area contributed by atoms with Crippen molar-refractivity contribution in [2.75, 3.05) is 0 Å². The van der Waals surface area contributed by atoms with Gasteiger partial charge in [-0.05, 0) is 30.3 Å². The Kier molecular flexibility index (Phi) is 5.36. The van der Waals surface area contributed by atoms with Gasteiger partial charge in [0.05, 0.1) is 22.5 Å². The maximum atomic E-state index is 12.2. The average Bonchev–Trinajstić information content (AvgIpc) is 2.95. The predicted molar refractivity (Wildman–Crippen MR) is 103 cm³/mol. The van der Waals surface area contributed by atoms with Crippen LogP contribution < -0.4 is 16.0 Å². The molecule has 0 saturated heterocycles. The number of halogens is 1. The number of nitrogens with two attached hydrogens (primary N) is 1. The van der Waals surface area contributed by atoms with Gasteiger partial charge in [-0.3, -0.25) is 20.4 Å². The van der Waals surface area contributed by atoms with Gasteiger partial charge in [0, 0.05) is 12.6 Å². The number of aryl methyl sites for hydroxylation is 1. The van der Waals surface area contributed by atoms with Crippen LogP contribution in [0.3, 0.4) is 0 Å². The molecule has 3 rings (SSSR count). The second-order valence-corrected chi connectivity index (χ2v) is 7.88. The molecule has 0 atom stereocenters. The third-order valence-electron chi connectivity index (χ3n) is 4.01. The highest BCUT2D eigenvalue weighted by molar-refractivity contribution is 7.89. The van der Waals surface area contributed by atoms with Crippen LogP contribution in [0.25, 0.3) is 11.0 Å². The van der Waals surface area contributed by atoms with Crippen molar-refractivity contribution in [2.45, 2.75) is 11.3 Å². The Bertz CT molecular complexity index is 1190. The van der Waals surface area contributed by atoms with Gasteiger partial charge in [0.25, 0.3) is 5.91 Å². The zero-order chi connectivity index (χ0) is 20.5. The van der Waals surface area contributed by atoms with Gasteiger partial charge in [-0.25, -0.2) is 18.5 Å². The van der Waals surface area contributed by atoms with Crippen LogP contribution in [0.5, 0.6) is 0 Å². The molecule has 0 aliphatic carbocycles. The van der Waals surface area contributed by atoms with E-state index in [0.29, 0.717) is 5.82 Å². The molecule has 0 unspecified atom stereocenters. The molecule has 0 radical (unpaired) electrons. The summed E-state index contributed by atoms with van der Waals surface area (Å²) >= 11 is 5.78. The number of hydrazine groups is 1. The first-order chi connectivity index (χ1) is 13.2.